The van der Waals surface area contributed by atoms with E-state index in [-0.39, 0.29) is 12.0 Å². The average molecular weight is 277 g/mol. The summed E-state index contributed by atoms with van der Waals surface area (Å²) in [5, 5.41) is 2.51. The summed E-state index contributed by atoms with van der Waals surface area (Å²) < 4.78 is 9.95. The van der Waals surface area contributed by atoms with Gasteiger partial charge in [-0.3, -0.25) is 0 Å². The molecule has 2 rings (SSSR count). The minimum absolute atomic E-state index is 0.160. The summed E-state index contributed by atoms with van der Waals surface area (Å²) in [5.74, 6) is -0.253. The van der Waals surface area contributed by atoms with E-state index in [1.807, 2.05) is 37.3 Å². The Morgan fingerprint density at radius 1 is 1.40 bits per heavy atom. The van der Waals surface area contributed by atoms with Crippen LogP contribution in [0.4, 0.5) is 4.79 Å². The van der Waals surface area contributed by atoms with E-state index in [0.717, 1.165) is 12.0 Å². The summed E-state index contributed by atoms with van der Waals surface area (Å²) in [4.78, 5) is 22.7. The Labute approximate surface area is 118 Å². The van der Waals surface area contributed by atoms with Gasteiger partial charge >= 0.3 is 12.1 Å². The number of benzene rings is 1. The smallest absolute Gasteiger partial charge is 0.407 e. The van der Waals surface area contributed by atoms with Crippen molar-refractivity contribution in [2.45, 2.75) is 38.3 Å². The van der Waals surface area contributed by atoms with Gasteiger partial charge in [-0.05, 0) is 18.9 Å². The molecule has 1 aromatic rings. The molecule has 0 aliphatic carbocycles. The Morgan fingerprint density at radius 3 is 2.65 bits per heavy atom. The number of alkyl carbamates (subject to hydrolysis) is 1. The van der Waals surface area contributed by atoms with Crippen LogP contribution in [0.2, 0.25) is 0 Å². The van der Waals surface area contributed by atoms with E-state index in [1.165, 1.54) is 0 Å². The summed E-state index contributed by atoms with van der Waals surface area (Å²) in [7, 11) is 0. The number of hydrogen-bond donors (Lipinski definition) is 1. The number of hydrogen-bond acceptors (Lipinski definition) is 4. The predicted molar refractivity (Wildman–Crippen MR) is 73.3 cm³/mol. The quantitative estimate of drug-likeness (QED) is 0.838. The third kappa shape index (κ3) is 3.29. The molecule has 1 fully saturated rings. The average Bonchev–Trinajstić information content (AvgIpc) is 2.47. The Balaban J connectivity index is 1.81. The molecule has 1 saturated heterocycles. The second-order valence-electron chi connectivity index (χ2n) is 4.88. The van der Waals surface area contributed by atoms with Gasteiger partial charge in [0.25, 0.3) is 0 Å². The monoisotopic (exact) mass is 277 g/mol. The largest absolute Gasteiger partial charge is 0.458 e. The van der Waals surface area contributed by atoms with Crippen LogP contribution < -0.4 is 5.32 Å². The zero-order valence-corrected chi connectivity index (χ0v) is 11.7. The maximum Gasteiger partial charge on any atom is 0.407 e. The Morgan fingerprint density at radius 2 is 2.10 bits per heavy atom. The molecule has 3 atom stereocenters. The molecule has 20 heavy (non-hydrogen) atoms. The lowest BCUT2D eigenvalue weighted by atomic mass is 9.98. The molecular weight excluding hydrogens is 258 g/mol. The molecule has 0 radical (unpaired) electrons. The number of ether oxygens (including phenoxy) is 2. The Kier molecular flexibility index (Phi) is 4.61. The fourth-order valence-electron chi connectivity index (χ4n) is 2.14. The maximum absolute atomic E-state index is 11.6. The first-order valence-electron chi connectivity index (χ1n) is 6.80. The first-order valence-corrected chi connectivity index (χ1v) is 6.80. The highest BCUT2D eigenvalue weighted by Gasteiger charge is 2.40. The number of nitrogens with one attached hydrogen (secondary N) is 1. The van der Waals surface area contributed by atoms with E-state index in [9.17, 15) is 9.59 Å². The van der Waals surface area contributed by atoms with Crippen molar-refractivity contribution < 1.29 is 19.1 Å². The van der Waals surface area contributed by atoms with Gasteiger partial charge in [-0.15, -0.1) is 0 Å². The lowest BCUT2D eigenvalue weighted by Crippen LogP contribution is -2.58. The van der Waals surface area contributed by atoms with Crippen molar-refractivity contribution in [1.29, 1.82) is 0 Å². The summed E-state index contributed by atoms with van der Waals surface area (Å²) in [6.45, 7) is 4.07. The van der Waals surface area contributed by atoms with Crippen LogP contribution in [0.3, 0.4) is 0 Å². The minimum atomic E-state index is -0.584. The van der Waals surface area contributed by atoms with Crippen LogP contribution in [0.25, 0.3) is 0 Å². The van der Waals surface area contributed by atoms with Gasteiger partial charge in [0.1, 0.15) is 12.7 Å². The summed E-state index contributed by atoms with van der Waals surface area (Å²) in [6, 6.07) is 9.32. The molecule has 5 nitrogen and oxygen atoms in total. The standard InChI is InChI=1S/C15H19NO4/c1-3-11(12-7-5-4-6-8-12)9-19-15(18)16-13-10(2)20-14(13)17/h4-8,10-11,13H,3,9H2,1-2H3,(H,16,18)/t10-,11?,13+/m0/s1. The molecule has 108 valence electrons. The molecule has 1 aromatic carbocycles. The molecule has 0 aromatic heterocycles. The topological polar surface area (TPSA) is 64.6 Å². The zero-order chi connectivity index (χ0) is 14.5. The van der Waals surface area contributed by atoms with Crippen molar-refractivity contribution in [3.05, 3.63) is 35.9 Å². The molecule has 1 unspecified atom stereocenters. The molecule has 0 saturated carbocycles. The normalized spacial score (nSPS) is 22.4. The maximum atomic E-state index is 11.6. The van der Waals surface area contributed by atoms with Crippen LogP contribution in [0.15, 0.2) is 30.3 Å². The first-order chi connectivity index (χ1) is 9.61. The van der Waals surface area contributed by atoms with Gasteiger partial charge in [-0.2, -0.15) is 0 Å². The summed E-state index contributed by atoms with van der Waals surface area (Å²) >= 11 is 0. The van der Waals surface area contributed by atoms with Crippen LogP contribution in [0.1, 0.15) is 31.7 Å². The van der Waals surface area contributed by atoms with Gasteiger partial charge in [0.2, 0.25) is 0 Å². The van der Waals surface area contributed by atoms with Crippen molar-refractivity contribution in [3.8, 4) is 0 Å². The highest BCUT2D eigenvalue weighted by atomic mass is 16.6. The molecule has 5 heteroatoms. The van der Waals surface area contributed by atoms with Crippen LogP contribution in [0.5, 0.6) is 0 Å². The lowest BCUT2D eigenvalue weighted by molar-refractivity contribution is -0.174. The van der Waals surface area contributed by atoms with Crippen molar-refractivity contribution in [3.63, 3.8) is 0 Å². The van der Waals surface area contributed by atoms with Gasteiger partial charge in [-0.25, -0.2) is 9.59 Å². The van der Waals surface area contributed by atoms with Crippen molar-refractivity contribution in [2.24, 2.45) is 0 Å². The van der Waals surface area contributed by atoms with Gasteiger partial charge in [0.15, 0.2) is 6.04 Å². The van der Waals surface area contributed by atoms with Crippen LogP contribution >= 0.6 is 0 Å². The molecule has 1 heterocycles. The predicted octanol–water partition coefficient (Wildman–Crippen LogP) is 2.22. The molecule has 1 aliphatic rings. The molecule has 1 N–H and O–H groups in total. The number of carbonyl (C=O) groups excluding carboxylic acids is 2. The molecule has 0 bridgehead atoms. The van der Waals surface area contributed by atoms with Gasteiger partial charge in [0.05, 0.1) is 0 Å². The number of carbonyl (C=O) groups is 2. The zero-order valence-electron chi connectivity index (χ0n) is 11.7. The van der Waals surface area contributed by atoms with E-state index < -0.39 is 18.1 Å². The van der Waals surface area contributed by atoms with Crippen LogP contribution in [0, 0.1) is 0 Å². The van der Waals surface area contributed by atoms with E-state index >= 15 is 0 Å². The third-order valence-electron chi connectivity index (χ3n) is 3.48. The second-order valence-corrected chi connectivity index (χ2v) is 4.88. The SMILES string of the molecule is CCC(COC(=O)N[C@H]1C(=O)O[C@H]1C)c1ccccc1. The van der Waals surface area contributed by atoms with Crippen LogP contribution in [-0.4, -0.2) is 30.8 Å². The van der Waals surface area contributed by atoms with Gasteiger partial charge in [-0.1, -0.05) is 37.3 Å². The fourth-order valence-corrected chi connectivity index (χ4v) is 2.14. The van der Waals surface area contributed by atoms with Gasteiger partial charge in [0, 0.05) is 5.92 Å². The lowest BCUT2D eigenvalue weighted by Gasteiger charge is -2.32. The number of rotatable bonds is 5. The summed E-state index contributed by atoms with van der Waals surface area (Å²) in [6.07, 6.45) is 0.0122. The molecular formula is C15H19NO4. The fraction of sp³-hybridized carbons (Fsp3) is 0.467. The third-order valence-corrected chi connectivity index (χ3v) is 3.48. The summed E-state index contributed by atoms with van der Waals surface area (Å²) in [5.41, 5.74) is 1.14. The minimum Gasteiger partial charge on any atom is -0.458 e. The molecule has 1 amide bonds. The van der Waals surface area contributed by atoms with E-state index in [2.05, 4.69) is 5.32 Å². The van der Waals surface area contributed by atoms with Crippen LogP contribution in [-0.2, 0) is 14.3 Å². The Bertz CT molecular complexity index is 474. The molecule has 1 aliphatic heterocycles. The first kappa shape index (κ1) is 14.4. The van der Waals surface area contributed by atoms with E-state index in [1.54, 1.807) is 6.92 Å². The highest BCUT2D eigenvalue weighted by Crippen LogP contribution is 2.19. The number of cyclic esters (lactones) is 1. The second kappa shape index (κ2) is 6.41. The van der Waals surface area contributed by atoms with E-state index in [4.69, 9.17) is 9.47 Å². The van der Waals surface area contributed by atoms with Crippen molar-refractivity contribution in [1.82, 2.24) is 5.32 Å². The van der Waals surface area contributed by atoms with Crippen molar-refractivity contribution in [2.75, 3.05) is 6.61 Å². The number of esters is 1. The number of amides is 1. The van der Waals surface area contributed by atoms with Crippen molar-refractivity contribution >= 4 is 12.1 Å². The molecule has 0 spiro atoms. The van der Waals surface area contributed by atoms with Gasteiger partial charge < -0.3 is 14.8 Å². The highest BCUT2D eigenvalue weighted by molar-refractivity contribution is 5.86. The van der Waals surface area contributed by atoms with E-state index in [0.29, 0.717) is 6.61 Å². The Hall–Kier alpha value is -2.04.